The molecular weight excluding hydrogens is 393 g/mol. The standard InChI is InChI=1S/C21H18FN3O3S/c1-11-17-18(13-3-5-14(6-4-13)21(27)28)29-12(2)20(26)23-19(17)25(24-11)16-9-7-15(22)8-10-16/h3-10,12,18H,1-2H3,(H,23,26)(H,27,28)/t12-,18-/m0/s1. The number of rotatable bonds is 3. The van der Waals surface area contributed by atoms with Gasteiger partial charge in [0.25, 0.3) is 0 Å². The summed E-state index contributed by atoms with van der Waals surface area (Å²) in [7, 11) is 0. The number of carbonyl (C=O) groups excluding carboxylic acids is 1. The first-order valence-electron chi connectivity index (χ1n) is 9.00. The molecule has 2 aromatic carbocycles. The number of benzene rings is 2. The minimum absolute atomic E-state index is 0.149. The van der Waals surface area contributed by atoms with Gasteiger partial charge in [0.1, 0.15) is 11.6 Å². The van der Waals surface area contributed by atoms with E-state index in [9.17, 15) is 14.0 Å². The van der Waals surface area contributed by atoms with E-state index in [1.165, 1.54) is 23.9 Å². The van der Waals surface area contributed by atoms with Crippen LogP contribution in [0, 0.1) is 12.7 Å². The molecule has 148 valence electrons. The largest absolute Gasteiger partial charge is 0.478 e. The molecule has 1 aliphatic rings. The number of anilines is 1. The summed E-state index contributed by atoms with van der Waals surface area (Å²) in [6.07, 6.45) is 0. The second-order valence-corrected chi connectivity index (χ2v) is 8.26. The SMILES string of the molecule is Cc1nn(-c2ccc(F)cc2)c2c1[C@H](c1ccc(C(=O)O)cc1)S[C@@H](C)C(=O)N2. The first-order chi connectivity index (χ1) is 13.8. The Bertz CT molecular complexity index is 1090. The first kappa shape index (κ1) is 19.2. The maximum absolute atomic E-state index is 13.4. The fourth-order valence-corrected chi connectivity index (χ4v) is 4.66. The molecule has 0 radical (unpaired) electrons. The molecule has 0 aliphatic carbocycles. The van der Waals surface area contributed by atoms with Gasteiger partial charge in [0, 0.05) is 5.56 Å². The lowest BCUT2D eigenvalue weighted by Crippen LogP contribution is -2.22. The van der Waals surface area contributed by atoms with E-state index < -0.39 is 5.97 Å². The van der Waals surface area contributed by atoms with Gasteiger partial charge in [-0.3, -0.25) is 4.79 Å². The Morgan fingerprint density at radius 1 is 1.17 bits per heavy atom. The molecule has 1 aliphatic heterocycles. The maximum Gasteiger partial charge on any atom is 0.335 e. The van der Waals surface area contributed by atoms with Crippen LogP contribution in [0.2, 0.25) is 0 Å². The van der Waals surface area contributed by atoms with E-state index in [0.29, 0.717) is 11.5 Å². The fourth-order valence-electron chi connectivity index (χ4n) is 3.34. The zero-order valence-corrected chi connectivity index (χ0v) is 16.5. The van der Waals surface area contributed by atoms with E-state index in [-0.39, 0.29) is 27.8 Å². The van der Waals surface area contributed by atoms with Crippen molar-refractivity contribution in [1.82, 2.24) is 9.78 Å². The van der Waals surface area contributed by atoms with Gasteiger partial charge in [0.15, 0.2) is 0 Å². The molecule has 6 nitrogen and oxygen atoms in total. The van der Waals surface area contributed by atoms with Gasteiger partial charge >= 0.3 is 5.97 Å². The van der Waals surface area contributed by atoms with Crippen molar-refractivity contribution >= 4 is 29.5 Å². The Hall–Kier alpha value is -3.13. The average Bonchev–Trinajstić information content (AvgIpc) is 2.94. The van der Waals surface area contributed by atoms with Crippen LogP contribution < -0.4 is 5.32 Å². The number of carboxylic acids is 1. The predicted molar refractivity (Wildman–Crippen MR) is 109 cm³/mol. The number of hydrogen-bond acceptors (Lipinski definition) is 4. The second kappa shape index (κ2) is 7.36. The molecule has 8 heteroatoms. The average molecular weight is 411 g/mol. The van der Waals surface area contributed by atoms with Crippen molar-refractivity contribution < 1.29 is 19.1 Å². The van der Waals surface area contributed by atoms with Crippen molar-refractivity contribution in [3.05, 3.63) is 76.7 Å². The fraction of sp³-hybridized carbons (Fsp3) is 0.190. The topological polar surface area (TPSA) is 84.2 Å². The van der Waals surface area contributed by atoms with Crippen molar-refractivity contribution in [1.29, 1.82) is 0 Å². The molecule has 4 rings (SSSR count). The van der Waals surface area contributed by atoms with Crippen LogP contribution in [0.4, 0.5) is 10.2 Å². The highest BCUT2D eigenvalue weighted by Gasteiger charge is 2.34. The molecule has 0 unspecified atom stereocenters. The Labute approximate surface area is 170 Å². The van der Waals surface area contributed by atoms with Crippen molar-refractivity contribution in [3.63, 3.8) is 0 Å². The number of carboxylic acid groups (broad SMARTS) is 1. The summed E-state index contributed by atoms with van der Waals surface area (Å²) in [5, 5.41) is 16.2. The molecule has 0 spiro atoms. The minimum atomic E-state index is -0.990. The summed E-state index contributed by atoms with van der Waals surface area (Å²) in [6.45, 7) is 3.69. The number of nitrogens with one attached hydrogen (secondary N) is 1. The minimum Gasteiger partial charge on any atom is -0.478 e. The van der Waals surface area contributed by atoms with Gasteiger partial charge < -0.3 is 10.4 Å². The molecular formula is C21H18FN3O3S. The lowest BCUT2D eigenvalue weighted by Gasteiger charge is -2.17. The van der Waals surface area contributed by atoms with Crippen LogP contribution in [0.1, 0.15) is 39.4 Å². The van der Waals surface area contributed by atoms with Crippen LogP contribution in [-0.2, 0) is 4.79 Å². The zero-order valence-electron chi connectivity index (χ0n) is 15.7. The lowest BCUT2D eigenvalue weighted by atomic mass is 10.0. The van der Waals surface area contributed by atoms with Crippen molar-refractivity contribution in [2.75, 3.05) is 5.32 Å². The number of aryl methyl sites for hydroxylation is 1. The van der Waals surface area contributed by atoms with Crippen molar-refractivity contribution in [2.45, 2.75) is 24.3 Å². The number of aromatic carboxylic acids is 1. The Morgan fingerprint density at radius 2 is 1.83 bits per heavy atom. The number of hydrogen-bond donors (Lipinski definition) is 2. The zero-order chi connectivity index (χ0) is 20.7. The van der Waals surface area contributed by atoms with Gasteiger partial charge in [-0.1, -0.05) is 12.1 Å². The number of fused-ring (bicyclic) bond motifs is 1. The molecule has 0 saturated heterocycles. The third-order valence-corrected chi connectivity index (χ3v) is 6.25. The molecule has 0 bridgehead atoms. The smallest absolute Gasteiger partial charge is 0.335 e. The predicted octanol–water partition coefficient (Wildman–Crippen LogP) is 4.18. The molecule has 1 amide bonds. The summed E-state index contributed by atoms with van der Waals surface area (Å²) in [6, 6.07) is 12.5. The van der Waals surface area contributed by atoms with Crippen molar-refractivity contribution in [2.24, 2.45) is 0 Å². The molecule has 29 heavy (non-hydrogen) atoms. The molecule has 2 heterocycles. The summed E-state index contributed by atoms with van der Waals surface area (Å²) in [5.41, 5.74) is 3.30. The van der Waals surface area contributed by atoms with Gasteiger partial charge in [0.2, 0.25) is 5.91 Å². The molecule has 2 N–H and O–H groups in total. The van der Waals surface area contributed by atoms with Gasteiger partial charge in [-0.05, 0) is 55.8 Å². The molecule has 1 aromatic heterocycles. The summed E-state index contributed by atoms with van der Waals surface area (Å²) < 4.78 is 15.0. The van der Waals surface area contributed by atoms with E-state index in [1.807, 2.05) is 13.8 Å². The van der Waals surface area contributed by atoms with Crippen molar-refractivity contribution in [3.8, 4) is 5.69 Å². The van der Waals surface area contributed by atoms with Crippen LogP contribution in [0.25, 0.3) is 5.69 Å². The van der Waals surface area contributed by atoms with Crippen LogP contribution in [0.5, 0.6) is 0 Å². The highest BCUT2D eigenvalue weighted by Crippen LogP contribution is 2.46. The summed E-state index contributed by atoms with van der Waals surface area (Å²) in [5.74, 6) is -0.947. The lowest BCUT2D eigenvalue weighted by molar-refractivity contribution is -0.115. The van der Waals surface area contributed by atoms with Gasteiger partial charge in [-0.25, -0.2) is 13.9 Å². The normalized spacial score (nSPS) is 18.7. The van der Waals surface area contributed by atoms with E-state index in [1.54, 1.807) is 41.1 Å². The van der Waals surface area contributed by atoms with Crippen LogP contribution in [0.3, 0.4) is 0 Å². The van der Waals surface area contributed by atoms with E-state index in [0.717, 1.165) is 16.8 Å². The van der Waals surface area contributed by atoms with E-state index in [4.69, 9.17) is 5.11 Å². The molecule has 0 saturated carbocycles. The third kappa shape index (κ3) is 3.51. The maximum atomic E-state index is 13.4. The third-order valence-electron chi connectivity index (χ3n) is 4.85. The number of amides is 1. The molecule has 0 fully saturated rings. The van der Waals surface area contributed by atoms with Gasteiger partial charge in [-0.15, -0.1) is 11.8 Å². The summed E-state index contributed by atoms with van der Waals surface area (Å²) in [4.78, 5) is 23.8. The second-order valence-electron chi connectivity index (χ2n) is 6.81. The number of carbonyl (C=O) groups is 2. The van der Waals surface area contributed by atoms with Crippen LogP contribution in [0.15, 0.2) is 48.5 Å². The highest BCUT2D eigenvalue weighted by molar-refractivity contribution is 8.01. The Kier molecular flexibility index (Phi) is 4.87. The van der Waals surface area contributed by atoms with E-state index in [2.05, 4.69) is 10.4 Å². The Morgan fingerprint density at radius 3 is 2.45 bits per heavy atom. The Balaban J connectivity index is 1.86. The molecule has 3 aromatic rings. The van der Waals surface area contributed by atoms with Gasteiger partial charge in [0.05, 0.1) is 27.4 Å². The number of thioether (sulfide) groups is 1. The van der Waals surface area contributed by atoms with Crippen LogP contribution >= 0.6 is 11.8 Å². The highest BCUT2D eigenvalue weighted by atomic mass is 32.2. The molecule has 2 atom stereocenters. The number of halogens is 1. The number of aromatic nitrogens is 2. The van der Waals surface area contributed by atoms with E-state index >= 15 is 0 Å². The number of nitrogens with zero attached hydrogens (tertiary/aromatic N) is 2. The monoisotopic (exact) mass is 411 g/mol. The quantitative estimate of drug-likeness (QED) is 0.675. The summed E-state index contributed by atoms with van der Waals surface area (Å²) >= 11 is 1.48. The van der Waals surface area contributed by atoms with Crippen LogP contribution in [-0.4, -0.2) is 32.0 Å². The first-order valence-corrected chi connectivity index (χ1v) is 9.94. The van der Waals surface area contributed by atoms with Gasteiger partial charge in [-0.2, -0.15) is 5.10 Å².